The van der Waals surface area contributed by atoms with Crippen LogP contribution in [-0.4, -0.2) is 6.54 Å². The quantitative estimate of drug-likeness (QED) is 0.541. The van der Waals surface area contributed by atoms with Gasteiger partial charge in [-0.1, -0.05) is 38.2 Å². The number of unbranched alkanes of at least 4 members (excludes halogenated alkanes) is 7. The summed E-state index contributed by atoms with van der Waals surface area (Å²) in [5, 5.41) is 0. The minimum absolute atomic E-state index is 0.849. The first-order valence-corrected chi connectivity index (χ1v) is 5.48. The summed E-state index contributed by atoms with van der Waals surface area (Å²) in [7, 11) is 0. The van der Waals surface area contributed by atoms with Crippen LogP contribution in [0.2, 0.25) is 0 Å². The summed E-state index contributed by atoms with van der Waals surface area (Å²) in [6.45, 7) is 0.849. The van der Waals surface area contributed by atoms with Crippen LogP contribution < -0.4 is 11.5 Å². The summed E-state index contributed by atoms with van der Waals surface area (Å²) in [6, 6.07) is 0. The van der Waals surface area contributed by atoms with Gasteiger partial charge < -0.3 is 11.5 Å². The lowest BCUT2D eigenvalue weighted by Gasteiger charge is -1.99. The Morgan fingerprint density at radius 1 is 0.769 bits per heavy atom. The van der Waals surface area contributed by atoms with Gasteiger partial charge in [-0.25, -0.2) is 0 Å². The first kappa shape index (κ1) is 12.5. The van der Waals surface area contributed by atoms with Crippen LogP contribution in [0, 0.1) is 0 Å². The molecular weight excluding hydrogens is 160 g/mol. The molecule has 0 heterocycles. The molecule has 2 nitrogen and oxygen atoms in total. The van der Waals surface area contributed by atoms with Crippen molar-refractivity contribution in [3.05, 3.63) is 12.3 Å². The molecule has 0 aliphatic carbocycles. The van der Waals surface area contributed by atoms with Gasteiger partial charge in [0.15, 0.2) is 0 Å². The Labute approximate surface area is 82.4 Å². The van der Waals surface area contributed by atoms with Gasteiger partial charge in [-0.2, -0.15) is 0 Å². The number of allylic oxidation sites excluding steroid dienone is 1. The third kappa shape index (κ3) is 11.5. The molecule has 0 amide bonds. The van der Waals surface area contributed by atoms with Crippen molar-refractivity contribution in [2.24, 2.45) is 11.5 Å². The molecule has 0 unspecified atom stereocenters. The van der Waals surface area contributed by atoms with E-state index in [2.05, 4.69) is 0 Å². The molecule has 4 N–H and O–H groups in total. The smallest absolute Gasteiger partial charge is 0.00773 e. The lowest BCUT2D eigenvalue weighted by molar-refractivity contribution is 0.584. The summed E-state index contributed by atoms with van der Waals surface area (Å²) in [4.78, 5) is 0. The van der Waals surface area contributed by atoms with Crippen LogP contribution in [0.4, 0.5) is 0 Å². The Bertz CT molecular complexity index is 111. The van der Waals surface area contributed by atoms with Gasteiger partial charge in [0.05, 0.1) is 0 Å². The van der Waals surface area contributed by atoms with E-state index in [4.69, 9.17) is 11.5 Å². The maximum atomic E-state index is 5.40. The predicted molar refractivity (Wildman–Crippen MR) is 59.3 cm³/mol. The summed E-state index contributed by atoms with van der Waals surface area (Å²) in [6.07, 6.45) is 14.0. The Hall–Kier alpha value is -0.500. The SMILES string of the molecule is N/C=C/CCCCCCCCCN. The zero-order valence-electron chi connectivity index (χ0n) is 8.67. The molecule has 0 saturated heterocycles. The van der Waals surface area contributed by atoms with E-state index in [1.165, 1.54) is 44.9 Å². The Morgan fingerprint density at radius 2 is 1.31 bits per heavy atom. The average molecular weight is 184 g/mol. The van der Waals surface area contributed by atoms with Crippen molar-refractivity contribution in [1.82, 2.24) is 0 Å². The van der Waals surface area contributed by atoms with Crippen molar-refractivity contribution in [2.75, 3.05) is 6.54 Å². The lowest BCUT2D eigenvalue weighted by Crippen LogP contribution is -1.97. The van der Waals surface area contributed by atoms with Gasteiger partial charge in [-0.15, -0.1) is 0 Å². The minimum Gasteiger partial charge on any atom is -0.405 e. The first-order valence-electron chi connectivity index (χ1n) is 5.48. The molecule has 0 aromatic carbocycles. The van der Waals surface area contributed by atoms with E-state index in [1.807, 2.05) is 6.08 Å². The molecule has 0 aromatic heterocycles. The number of nitrogens with two attached hydrogens (primary N) is 2. The highest BCUT2D eigenvalue weighted by molar-refractivity contribution is 4.74. The maximum Gasteiger partial charge on any atom is -0.00773 e. The highest BCUT2D eigenvalue weighted by Gasteiger charge is 1.89. The fraction of sp³-hybridized carbons (Fsp3) is 0.818. The fourth-order valence-electron chi connectivity index (χ4n) is 1.39. The van der Waals surface area contributed by atoms with E-state index in [1.54, 1.807) is 6.20 Å². The van der Waals surface area contributed by atoms with Gasteiger partial charge in [-0.3, -0.25) is 0 Å². The third-order valence-corrected chi connectivity index (χ3v) is 2.21. The second-order valence-corrected chi connectivity index (χ2v) is 3.48. The molecule has 0 rings (SSSR count). The van der Waals surface area contributed by atoms with Gasteiger partial charge in [0.2, 0.25) is 0 Å². The highest BCUT2D eigenvalue weighted by atomic mass is 14.5. The Kier molecular flexibility index (Phi) is 11.1. The summed E-state index contributed by atoms with van der Waals surface area (Å²) in [5.74, 6) is 0. The number of hydrogen-bond acceptors (Lipinski definition) is 2. The Balaban J connectivity index is 2.83. The van der Waals surface area contributed by atoms with Crippen LogP contribution in [0.25, 0.3) is 0 Å². The van der Waals surface area contributed by atoms with E-state index in [-0.39, 0.29) is 0 Å². The van der Waals surface area contributed by atoms with Crippen molar-refractivity contribution in [2.45, 2.75) is 51.4 Å². The molecule has 0 saturated carbocycles. The van der Waals surface area contributed by atoms with Crippen molar-refractivity contribution in [1.29, 1.82) is 0 Å². The number of rotatable bonds is 9. The number of hydrogen-bond donors (Lipinski definition) is 2. The molecule has 0 aliphatic rings. The molecular formula is C11H24N2. The molecule has 13 heavy (non-hydrogen) atoms. The summed E-state index contributed by atoms with van der Waals surface area (Å²) in [5.41, 5.74) is 10.6. The molecule has 0 bridgehead atoms. The van der Waals surface area contributed by atoms with E-state index < -0.39 is 0 Å². The van der Waals surface area contributed by atoms with Crippen molar-refractivity contribution < 1.29 is 0 Å². The largest absolute Gasteiger partial charge is 0.405 e. The molecule has 78 valence electrons. The molecule has 0 aliphatic heterocycles. The van der Waals surface area contributed by atoms with Gasteiger partial charge in [0, 0.05) is 0 Å². The van der Waals surface area contributed by atoms with Gasteiger partial charge in [0.25, 0.3) is 0 Å². The summed E-state index contributed by atoms with van der Waals surface area (Å²) < 4.78 is 0. The molecule has 0 radical (unpaired) electrons. The third-order valence-electron chi connectivity index (χ3n) is 2.21. The summed E-state index contributed by atoms with van der Waals surface area (Å²) >= 11 is 0. The topological polar surface area (TPSA) is 52.0 Å². The van der Waals surface area contributed by atoms with Crippen molar-refractivity contribution in [3.8, 4) is 0 Å². The first-order chi connectivity index (χ1) is 6.41. The molecule has 0 fully saturated rings. The minimum atomic E-state index is 0.849. The molecule has 0 spiro atoms. The van der Waals surface area contributed by atoms with E-state index in [0.717, 1.165) is 13.0 Å². The van der Waals surface area contributed by atoms with Crippen LogP contribution >= 0.6 is 0 Å². The van der Waals surface area contributed by atoms with Gasteiger partial charge >= 0.3 is 0 Å². The molecule has 0 aromatic rings. The standard InChI is InChI=1S/C11H24N2/c12-10-8-6-4-2-1-3-5-7-9-11-13/h8,10H,1-7,9,11-13H2/b10-8+. The molecule has 0 atom stereocenters. The van der Waals surface area contributed by atoms with E-state index in [9.17, 15) is 0 Å². The van der Waals surface area contributed by atoms with Crippen molar-refractivity contribution in [3.63, 3.8) is 0 Å². The predicted octanol–water partition coefficient (Wildman–Crippen LogP) is 2.54. The van der Waals surface area contributed by atoms with E-state index >= 15 is 0 Å². The second kappa shape index (κ2) is 11.5. The normalized spacial score (nSPS) is 11.2. The van der Waals surface area contributed by atoms with Crippen molar-refractivity contribution >= 4 is 0 Å². The zero-order chi connectivity index (χ0) is 9.78. The molecule has 2 heteroatoms. The van der Waals surface area contributed by atoms with Gasteiger partial charge in [0.1, 0.15) is 0 Å². The zero-order valence-corrected chi connectivity index (χ0v) is 8.67. The fourth-order valence-corrected chi connectivity index (χ4v) is 1.39. The Morgan fingerprint density at radius 3 is 1.85 bits per heavy atom. The van der Waals surface area contributed by atoms with Crippen LogP contribution in [0.5, 0.6) is 0 Å². The second-order valence-electron chi connectivity index (χ2n) is 3.48. The van der Waals surface area contributed by atoms with E-state index in [0.29, 0.717) is 0 Å². The highest BCUT2D eigenvalue weighted by Crippen LogP contribution is 2.08. The van der Waals surface area contributed by atoms with Crippen LogP contribution in [0.1, 0.15) is 51.4 Å². The van der Waals surface area contributed by atoms with Gasteiger partial charge in [-0.05, 0) is 32.0 Å². The van der Waals surface area contributed by atoms with Crippen LogP contribution in [0.15, 0.2) is 12.3 Å². The monoisotopic (exact) mass is 184 g/mol. The lowest BCUT2D eigenvalue weighted by atomic mass is 10.1. The van der Waals surface area contributed by atoms with Crippen LogP contribution in [-0.2, 0) is 0 Å². The average Bonchev–Trinajstić information content (AvgIpc) is 2.16. The van der Waals surface area contributed by atoms with Crippen LogP contribution in [0.3, 0.4) is 0 Å². The maximum absolute atomic E-state index is 5.40.